The van der Waals surface area contributed by atoms with Gasteiger partial charge in [-0.25, -0.2) is 0 Å². The van der Waals surface area contributed by atoms with Crippen LogP contribution < -0.4 is 0 Å². The highest BCUT2D eigenvalue weighted by atomic mass is 19.4. The van der Waals surface area contributed by atoms with Crippen LogP contribution in [0, 0.1) is 6.07 Å². The van der Waals surface area contributed by atoms with Crippen LogP contribution in [0.15, 0.2) is 42.5 Å². The van der Waals surface area contributed by atoms with Crippen molar-refractivity contribution in [2.24, 2.45) is 0 Å². The minimum Gasteiger partial charge on any atom is -0.166 e. The van der Waals surface area contributed by atoms with Gasteiger partial charge in [0, 0.05) is 0 Å². The fraction of sp³-hybridized carbons (Fsp3) is 0.143. The van der Waals surface area contributed by atoms with E-state index in [1.54, 1.807) is 6.07 Å². The zero-order valence-corrected chi connectivity index (χ0v) is 9.81. The first-order valence-electron chi connectivity index (χ1n) is 5.44. The van der Waals surface area contributed by atoms with Crippen molar-refractivity contribution >= 4 is 0 Å². The Labute approximate surface area is 110 Å². The van der Waals surface area contributed by atoms with Gasteiger partial charge in [-0.2, -0.15) is 26.3 Å². The fourth-order valence-corrected chi connectivity index (χ4v) is 1.78. The molecule has 1 radical (unpaired) electrons. The van der Waals surface area contributed by atoms with Gasteiger partial charge < -0.3 is 0 Å². The van der Waals surface area contributed by atoms with E-state index in [4.69, 9.17) is 0 Å². The SMILES string of the molecule is FC(F)(F)c1ccc(-c2c[c]ccc2)cc1C(F)(F)F. The van der Waals surface area contributed by atoms with Gasteiger partial charge in [-0.1, -0.05) is 24.3 Å². The number of hydrogen-bond donors (Lipinski definition) is 0. The van der Waals surface area contributed by atoms with Crippen LogP contribution in [0.1, 0.15) is 11.1 Å². The predicted octanol–water partition coefficient (Wildman–Crippen LogP) is 5.19. The molecule has 0 heterocycles. The quantitative estimate of drug-likeness (QED) is 0.634. The number of alkyl halides is 6. The van der Waals surface area contributed by atoms with Crippen LogP contribution in [0.4, 0.5) is 26.3 Å². The molecule has 6 heteroatoms. The number of rotatable bonds is 1. The number of halogens is 6. The molecule has 105 valence electrons. The van der Waals surface area contributed by atoms with Crippen LogP contribution in [0.5, 0.6) is 0 Å². The minimum absolute atomic E-state index is 0.0576. The second kappa shape index (κ2) is 4.85. The average Bonchev–Trinajstić information content (AvgIpc) is 2.37. The van der Waals surface area contributed by atoms with Gasteiger partial charge in [0.05, 0.1) is 11.1 Å². The summed E-state index contributed by atoms with van der Waals surface area (Å²) in [5.41, 5.74) is -2.95. The van der Waals surface area contributed by atoms with E-state index >= 15 is 0 Å². The Morgan fingerprint density at radius 1 is 0.750 bits per heavy atom. The highest BCUT2D eigenvalue weighted by molar-refractivity contribution is 5.65. The van der Waals surface area contributed by atoms with E-state index in [0.717, 1.165) is 6.07 Å². The molecule has 0 fully saturated rings. The van der Waals surface area contributed by atoms with Crippen LogP contribution in [0.3, 0.4) is 0 Å². The van der Waals surface area contributed by atoms with Crippen molar-refractivity contribution in [2.45, 2.75) is 12.4 Å². The van der Waals surface area contributed by atoms with Gasteiger partial charge in [-0.3, -0.25) is 0 Å². The summed E-state index contributed by atoms with van der Waals surface area (Å²) in [7, 11) is 0. The summed E-state index contributed by atoms with van der Waals surface area (Å²) >= 11 is 0. The lowest BCUT2D eigenvalue weighted by molar-refractivity contribution is -0.162. The summed E-state index contributed by atoms with van der Waals surface area (Å²) in [5, 5.41) is 0. The molecule has 0 aliphatic heterocycles. The smallest absolute Gasteiger partial charge is 0.166 e. The Hall–Kier alpha value is -1.98. The molecule has 0 atom stereocenters. The molecule has 0 saturated carbocycles. The lowest BCUT2D eigenvalue weighted by Gasteiger charge is -2.16. The Bertz CT molecular complexity index is 595. The third kappa shape index (κ3) is 2.95. The lowest BCUT2D eigenvalue weighted by Crippen LogP contribution is -2.16. The van der Waals surface area contributed by atoms with Gasteiger partial charge in [0.25, 0.3) is 0 Å². The zero-order valence-electron chi connectivity index (χ0n) is 9.81. The first-order chi connectivity index (χ1) is 9.19. The van der Waals surface area contributed by atoms with Crippen LogP contribution in [0.25, 0.3) is 11.1 Å². The molecule has 0 aliphatic carbocycles. The molecule has 2 rings (SSSR count). The van der Waals surface area contributed by atoms with Crippen LogP contribution in [0.2, 0.25) is 0 Å². The third-order valence-electron chi connectivity index (χ3n) is 2.67. The summed E-state index contributed by atoms with van der Waals surface area (Å²) < 4.78 is 76.1. The third-order valence-corrected chi connectivity index (χ3v) is 2.67. The summed E-state index contributed by atoms with van der Waals surface area (Å²) in [6.45, 7) is 0. The molecule has 0 bridgehead atoms. The highest BCUT2D eigenvalue weighted by Crippen LogP contribution is 2.41. The standard InChI is InChI=1S/C14H7F6/c15-13(16,17)11-7-6-10(8-12(11)14(18,19)20)9-4-2-1-3-5-9/h1-2,4-8H. The van der Waals surface area contributed by atoms with Crippen molar-refractivity contribution in [1.82, 2.24) is 0 Å². The molecule has 0 saturated heterocycles. The van der Waals surface area contributed by atoms with Crippen molar-refractivity contribution in [3.63, 3.8) is 0 Å². The van der Waals surface area contributed by atoms with Crippen molar-refractivity contribution in [1.29, 1.82) is 0 Å². The predicted molar refractivity (Wildman–Crippen MR) is 60.7 cm³/mol. The molecule has 2 aromatic carbocycles. The molecule has 0 aliphatic rings. The Morgan fingerprint density at radius 2 is 1.40 bits per heavy atom. The number of hydrogen-bond acceptors (Lipinski definition) is 0. The molecule has 0 nitrogen and oxygen atoms in total. The molecule has 2 aromatic rings. The molecule has 0 amide bonds. The highest BCUT2D eigenvalue weighted by Gasteiger charge is 2.43. The van der Waals surface area contributed by atoms with Gasteiger partial charge in [0.15, 0.2) is 0 Å². The fourth-order valence-electron chi connectivity index (χ4n) is 1.78. The van der Waals surface area contributed by atoms with Gasteiger partial charge in [0.1, 0.15) is 0 Å². The van der Waals surface area contributed by atoms with E-state index in [2.05, 4.69) is 6.07 Å². The van der Waals surface area contributed by atoms with E-state index < -0.39 is 23.5 Å². The Balaban J connectivity index is 2.62. The van der Waals surface area contributed by atoms with Crippen molar-refractivity contribution in [3.05, 3.63) is 59.7 Å². The van der Waals surface area contributed by atoms with E-state index in [1.807, 2.05) is 0 Å². The molecular formula is C14H7F6. The lowest BCUT2D eigenvalue weighted by atomic mass is 9.98. The Kier molecular flexibility index (Phi) is 3.50. The maximum Gasteiger partial charge on any atom is 0.417 e. The van der Waals surface area contributed by atoms with E-state index in [9.17, 15) is 26.3 Å². The summed E-state index contributed by atoms with van der Waals surface area (Å²) in [4.78, 5) is 0. The molecule has 0 N–H and O–H groups in total. The second-order valence-electron chi connectivity index (χ2n) is 4.05. The molecular weight excluding hydrogens is 282 g/mol. The van der Waals surface area contributed by atoms with Crippen LogP contribution >= 0.6 is 0 Å². The molecule has 0 aromatic heterocycles. The van der Waals surface area contributed by atoms with Crippen LogP contribution in [-0.4, -0.2) is 0 Å². The maximum atomic E-state index is 12.8. The summed E-state index contributed by atoms with van der Waals surface area (Å²) in [5.74, 6) is 0. The first kappa shape index (κ1) is 14.4. The largest absolute Gasteiger partial charge is 0.417 e. The average molecular weight is 289 g/mol. The number of benzene rings is 2. The molecule has 0 spiro atoms. The maximum absolute atomic E-state index is 12.8. The van der Waals surface area contributed by atoms with Gasteiger partial charge in [-0.05, 0) is 35.4 Å². The topological polar surface area (TPSA) is 0 Å². The zero-order chi connectivity index (χ0) is 15.0. The molecule has 20 heavy (non-hydrogen) atoms. The second-order valence-corrected chi connectivity index (χ2v) is 4.05. The van der Waals surface area contributed by atoms with E-state index in [1.165, 1.54) is 18.2 Å². The van der Waals surface area contributed by atoms with Crippen LogP contribution in [-0.2, 0) is 12.4 Å². The van der Waals surface area contributed by atoms with Crippen molar-refractivity contribution in [3.8, 4) is 11.1 Å². The van der Waals surface area contributed by atoms with Crippen molar-refractivity contribution < 1.29 is 26.3 Å². The molecule has 0 unspecified atom stereocenters. The first-order valence-corrected chi connectivity index (χ1v) is 5.44. The van der Waals surface area contributed by atoms with E-state index in [0.29, 0.717) is 17.7 Å². The normalized spacial score (nSPS) is 12.5. The summed E-state index contributed by atoms with van der Waals surface area (Å²) in [6, 6.07) is 10.6. The van der Waals surface area contributed by atoms with Gasteiger partial charge in [0.2, 0.25) is 0 Å². The van der Waals surface area contributed by atoms with Crippen molar-refractivity contribution in [2.75, 3.05) is 0 Å². The Morgan fingerprint density at radius 3 is 1.90 bits per heavy atom. The van der Waals surface area contributed by atoms with E-state index in [-0.39, 0.29) is 5.56 Å². The minimum atomic E-state index is -5.07. The van der Waals surface area contributed by atoms with Gasteiger partial charge in [-0.15, -0.1) is 0 Å². The van der Waals surface area contributed by atoms with Gasteiger partial charge >= 0.3 is 12.4 Å². The monoisotopic (exact) mass is 289 g/mol. The summed E-state index contributed by atoms with van der Waals surface area (Å²) in [6.07, 6.45) is -10.1.